The lowest BCUT2D eigenvalue weighted by atomic mass is 10.0. The smallest absolute Gasteiger partial charge is 0.318 e. The number of amides is 2. The minimum Gasteiger partial charge on any atom is -0.467 e. The van der Waals surface area contributed by atoms with Gasteiger partial charge in [0.05, 0.1) is 19.4 Å². The maximum atomic E-state index is 13.0. The van der Waals surface area contributed by atoms with Crippen molar-refractivity contribution in [3.8, 4) is 0 Å². The second-order valence-electron chi connectivity index (χ2n) is 7.50. The van der Waals surface area contributed by atoms with E-state index in [1.807, 2.05) is 28.5 Å². The Kier molecular flexibility index (Phi) is 6.64. The van der Waals surface area contributed by atoms with E-state index in [9.17, 15) is 4.79 Å². The fourth-order valence-electron chi connectivity index (χ4n) is 3.72. The molecule has 5 nitrogen and oxygen atoms in total. The van der Waals surface area contributed by atoms with Crippen LogP contribution in [0.25, 0.3) is 0 Å². The Labute approximate surface area is 175 Å². The number of nitrogens with zero attached hydrogens (tertiary/aromatic N) is 2. The van der Waals surface area contributed by atoms with Gasteiger partial charge in [-0.05, 0) is 42.0 Å². The van der Waals surface area contributed by atoms with Crippen LogP contribution in [0.3, 0.4) is 0 Å². The second-order valence-corrected chi connectivity index (χ2v) is 8.53. The number of benzene rings is 1. The van der Waals surface area contributed by atoms with Gasteiger partial charge in [0.25, 0.3) is 0 Å². The van der Waals surface area contributed by atoms with Crippen molar-refractivity contribution in [3.05, 3.63) is 82.4 Å². The van der Waals surface area contributed by atoms with Crippen molar-refractivity contribution >= 4 is 17.4 Å². The van der Waals surface area contributed by atoms with E-state index >= 15 is 0 Å². The highest BCUT2D eigenvalue weighted by molar-refractivity contribution is 7.09. The van der Waals surface area contributed by atoms with Gasteiger partial charge in [-0.2, -0.15) is 0 Å². The molecule has 1 aliphatic rings. The van der Waals surface area contributed by atoms with Gasteiger partial charge in [-0.1, -0.05) is 36.4 Å². The van der Waals surface area contributed by atoms with Crippen LogP contribution in [0.2, 0.25) is 0 Å². The highest BCUT2D eigenvalue weighted by Crippen LogP contribution is 2.17. The Morgan fingerprint density at radius 3 is 2.59 bits per heavy atom. The van der Waals surface area contributed by atoms with Crippen LogP contribution in [0.15, 0.2) is 70.7 Å². The summed E-state index contributed by atoms with van der Waals surface area (Å²) in [7, 11) is 0. The van der Waals surface area contributed by atoms with Gasteiger partial charge in [0.15, 0.2) is 0 Å². The Hall–Kier alpha value is -2.57. The molecule has 0 spiro atoms. The molecule has 0 unspecified atom stereocenters. The van der Waals surface area contributed by atoms with Crippen molar-refractivity contribution in [1.82, 2.24) is 15.1 Å². The van der Waals surface area contributed by atoms with Crippen molar-refractivity contribution in [2.24, 2.45) is 0 Å². The summed E-state index contributed by atoms with van der Waals surface area (Å²) in [5.74, 6) is 0.800. The van der Waals surface area contributed by atoms with E-state index < -0.39 is 0 Å². The molecule has 0 aliphatic carbocycles. The maximum Gasteiger partial charge on any atom is 0.318 e. The fraction of sp³-hybridized carbons (Fsp3) is 0.348. The van der Waals surface area contributed by atoms with E-state index in [4.69, 9.17) is 4.42 Å². The molecule has 2 aromatic heterocycles. The van der Waals surface area contributed by atoms with Gasteiger partial charge in [0.1, 0.15) is 5.76 Å². The third-order valence-electron chi connectivity index (χ3n) is 5.30. The molecule has 6 heteroatoms. The molecule has 0 saturated carbocycles. The van der Waals surface area contributed by atoms with Crippen LogP contribution in [0.4, 0.5) is 4.79 Å². The summed E-state index contributed by atoms with van der Waals surface area (Å²) in [5, 5.41) is 5.29. The van der Waals surface area contributed by atoms with Crippen LogP contribution < -0.4 is 5.32 Å². The van der Waals surface area contributed by atoms with Gasteiger partial charge >= 0.3 is 6.03 Å². The van der Waals surface area contributed by atoms with Crippen molar-refractivity contribution in [2.75, 3.05) is 13.1 Å². The molecule has 0 atom stereocenters. The molecule has 1 saturated heterocycles. The molecule has 1 fully saturated rings. The van der Waals surface area contributed by atoms with Crippen LogP contribution in [0.1, 0.15) is 29.0 Å². The maximum absolute atomic E-state index is 13.0. The Morgan fingerprint density at radius 1 is 1.07 bits per heavy atom. The molecule has 1 aromatic carbocycles. The molecule has 4 rings (SSSR count). The number of rotatable bonds is 7. The first-order chi connectivity index (χ1) is 14.3. The monoisotopic (exact) mass is 409 g/mol. The summed E-state index contributed by atoms with van der Waals surface area (Å²) in [4.78, 5) is 18.5. The molecule has 1 N–H and O–H groups in total. The molecular weight excluding hydrogens is 382 g/mol. The minimum atomic E-state index is -0.0173. The number of hydrogen-bond acceptors (Lipinski definition) is 4. The van der Waals surface area contributed by atoms with Crippen LogP contribution in [0.5, 0.6) is 0 Å². The second kappa shape index (κ2) is 9.76. The normalized spacial score (nSPS) is 15.3. The predicted molar refractivity (Wildman–Crippen MR) is 116 cm³/mol. The zero-order valence-corrected chi connectivity index (χ0v) is 17.3. The van der Waals surface area contributed by atoms with E-state index in [2.05, 4.69) is 46.6 Å². The first-order valence-electron chi connectivity index (χ1n) is 10.1. The molecular formula is C23H27N3O2S. The standard InChI is InChI=1S/C23H27N3O2S/c27-23(26(17-21-8-4-14-28-21)18-22-9-5-15-29-22)24-20-10-12-25(13-11-20)16-19-6-2-1-3-7-19/h1-9,14-15,20H,10-13,16-18H2,(H,24,27). The van der Waals surface area contributed by atoms with Gasteiger partial charge < -0.3 is 14.6 Å². The highest BCUT2D eigenvalue weighted by Gasteiger charge is 2.24. The Balaban J connectivity index is 1.30. The number of carbonyl (C=O) groups excluding carboxylic acids is 1. The van der Waals surface area contributed by atoms with Gasteiger partial charge in [0.2, 0.25) is 0 Å². The highest BCUT2D eigenvalue weighted by atomic mass is 32.1. The predicted octanol–water partition coefficient (Wildman–Crippen LogP) is 4.72. The van der Waals surface area contributed by atoms with E-state index in [0.29, 0.717) is 13.1 Å². The largest absolute Gasteiger partial charge is 0.467 e. The van der Waals surface area contributed by atoms with Crippen molar-refractivity contribution in [1.29, 1.82) is 0 Å². The average Bonchev–Trinajstić information content (AvgIpc) is 3.44. The van der Waals surface area contributed by atoms with Crippen LogP contribution >= 0.6 is 11.3 Å². The van der Waals surface area contributed by atoms with E-state index in [1.54, 1.807) is 17.6 Å². The lowest BCUT2D eigenvalue weighted by Crippen LogP contribution is -2.48. The lowest BCUT2D eigenvalue weighted by molar-refractivity contribution is 0.163. The molecule has 0 bridgehead atoms. The number of hydrogen-bond donors (Lipinski definition) is 1. The summed E-state index contributed by atoms with van der Waals surface area (Å²) in [6.07, 6.45) is 3.61. The number of furan rings is 1. The first kappa shape index (κ1) is 19.7. The molecule has 0 radical (unpaired) electrons. The summed E-state index contributed by atoms with van der Waals surface area (Å²) >= 11 is 1.67. The van der Waals surface area contributed by atoms with Crippen molar-refractivity contribution in [2.45, 2.75) is 38.5 Å². The summed E-state index contributed by atoms with van der Waals surface area (Å²) in [6, 6.07) is 18.6. The number of piperidine rings is 1. The number of thiophene rings is 1. The van der Waals surface area contributed by atoms with Gasteiger partial charge in [-0.15, -0.1) is 11.3 Å². The topological polar surface area (TPSA) is 48.7 Å². The number of urea groups is 1. The molecule has 29 heavy (non-hydrogen) atoms. The zero-order chi connectivity index (χ0) is 19.9. The third kappa shape index (κ3) is 5.71. The summed E-state index contributed by atoms with van der Waals surface area (Å²) in [6.45, 7) is 4.05. The SMILES string of the molecule is O=C(NC1CCN(Cc2ccccc2)CC1)N(Cc1ccco1)Cc1cccs1. The molecule has 3 aromatic rings. The first-order valence-corrected chi connectivity index (χ1v) is 11.0. The van der Waals surface area contributed by atoms with Crippen molar-refractivity contribution in [3.63, 3.8) is 0 Å². The van der Waals surface area contributed by atoms with Crippen molar-refractivity contribution < 1.29 is 9.21 Å². The lowest BCUT2D eigenvalue weighted by Gasteiger charge is -2.33. The molecule has 1 aliphatic heterocycles. The Bertz CT molecular complexity index is 821. The summed E-state index contributed by atoms with van der Waals surface area (Å²) in [5.41, 5.74) is 1.34. The number of carbonyl (C=O) groups is 1. The molecule has 152 valence electrons. The van der Waals surface area contributed by atoms with Gasteiger partial charge in [0, 0.05) is 30.6 Å². The quantitative estimate of drug-likeness (QED) is 0.614. The van der Waals surface area contributed by atoms with E-state index in [0.717, 1.165) is 38.2 Å². The minimum absolute atomic E-state index is 0.0173. The van der Waals surface area contributed by atoms with E-state index in [-0.39, 0.29) is 12.1 Å². The van der Waals surface area contributed by atoms with E-state index in [1.165, 1.54) is 10.4 Å². The van der Waals surface area contributed by atoms with Gasteiger partial charge in [-0.3, -0.25) is 4.90 Å². The fourth-order valence-corrected chi connectivity index (χ4v) is 4.44. The Morgan fingerprint density at radius 2 is 1.90 bits per heavy atom. The number of nitrogens with one attached hydrogen (secondary N) is 1. The average molecular weight is 410 g/mol. The zero-order valence-electron chi connectivity index (χ0n) is 16.5. The number of likely N-dealkylation sites (tertiary alicyclic amines) is 1. The van der Waals surface area contributed by atoms with Crippen LogP contribution in [0, 0.1) is 0 Å². The van der Waals surface area contributed by atoms with Crippen LogP contribution in [-0.4, -0.2) is 35.0 Å². The summed E-state index contributed by atoms with van der Waals surface area (Å²) < 4.78 is 5.47. The van der Waals surface area contributed by atoms with Crippen LogP contribution in [-0.2, 0) is 19.6 Å². The third-order valence-corrected chi connectivity index (χ3v) is 6.17. The molecule has 3 heterocycles. The van der Waals surface area contributed by atoms with Gasteiger partial charge in [-0.25, -0.2) is 4.79 Å². The molecule has 2 amide bonds.